The highest BCUT2D eigenvalue weighted by molar-refractivity contribution is 7.89. The average molecular weight is 309 g/mol. The minimum atomic E-state index is -3.69. The molecular formula is C13H19N5O2S. The molecule has 114 valence electrons. The molecule has 0 bridgehead atoms. The van der Waals surface area contributed by atoms with Gasteiger partial charge < -0.3 is 10.3 Å². The van der Waals surface area contributed by atoms with Crippen molar-refractivity contribution in [3.05, 3.63) is 36.5 Å². The fraction of sp³-hybridized carbons (Fsp3) is 0.385. The lowest BCUT2D eigenvalue weighted by Gasteiger charge is -2.16. The summed E-state index contributed by atoms with van der Waals surface area (Å²) in [4.78, 5) is 11.3. The van der Waals surface area contributed by atoms with Crippen LogP contribution in [0.25, 0.3) is 0 Å². The van der Waals surface area contributed by atoms with Crippen LogP contribution in [0.3, 0.4) is 0 Å². The third kappa shape index (κ3) is 3.59. The number of sulfonamides is 1. The van der Waals surface area contributed by atoms with Crippen molar-refractivity contribution in [3.63, 3.8) is 0 Å². The number of hydrogen-bond donors (Lipinski definition) is 3. The summed E-state index contributed by atoms with van der Waals surface area (Å²) >= 11 is 0. The zero-order valence-electron chi connectivity index (χ0n) is 12.0. The van der Waals surface area contributed by atoms with Crippen molar-refractivity contribution in [2.75, 3.05) is 11.9 Å². The van der Waals surface area contributed by atoms with Gasteiger partial charge in [0, 0.05) is 25.1 Å². The number of pyridine rings is 1. The third-order valence-electron chi connectivity index (χ3n) is 2.96. The van der Waals surface area contributed by atoms with Gasteiger partial charge in [0.1, 0.15) is 16.5 Å². The maximum absolute atomic E-state index is 12.6. The van der Waals surface area contributed by atoms with Crippen LogP contribution < -0.4 is 10.0 Å². The van der Waals surface area contributed by atoms with Gasteiger partial charge in [0.05, 0.1) is 6.04 Å². The number of anilines is 1. The van der Waals surface area contributed by atoms with Gasteiger partial charge in [0.2, 0.25) is 10.0 Å². The molecule has 0 saturated carbocycles. The Kier molecular flexibility index (Phi) is 4.92. The zero-order chi connectivity index (χ0) is 15.3. The summed E-state index contributed by atoms with van der Waals surface area (Å²) < 4.78 is 27.8. The highest BCUT2D eigenvalue weighted by atomic mass is 32.2. The summed E-state index contributed by atoms with van der Waals surface area (Å²) in [7, 11) is -3.69. The maximum atomic E-state index is 12.6. The molecule has 0 aliphatic carbocycles. The first-order valence-electron chi connectivity index (χ1n) is 6.79. The summed E-state index contributed by atoms with van der Waals surface area (Å²) in [6, 6.07) is 2.73. The minimum Gasteiger partial charge on any atom is -0.369 e. The van der Waals surface area contributed by atoms with Crippen LogP contribution in [0.2, 0.25) is 0 Å². The molecule has 0 fully saturated rings. The highest BCUT2D eigenvalue weighted by Crippen LogP contribution is 2.21. The van der Waals surface area contributed by atoms with Gasteiger partial charge in [-0.2, -0.15) is 0 Å². The van der Waals surface area contributed by atoms with Gasteiger partial charge in [0.25, 0.3) is 0 Å². The first-order valence-corrected chi connectivity index (χ1v) is 8.27. The molecule has 2 aromatic heterocycles. The van der Waals surface area contributed by atoms with Gasteiger partial charge in [-0.15, -0.1) is 0 Å². The largest absolute Gasteiger partial charge is 0.369 e. The van der Waals surface area contributed by atoms with Gasteiger partial charge in [-0.1, -0.05) is 6.92 Å². The van der Waals surface area contributed by atoms with Crippen LogP contribution >= 0.6 is 0 Å². The van der Waals surface area contributed by atoms with E-state index < -0.39 is 16.1 Å². The second-order valence-corrected chi connectivity index (χ2v) is 6.12. The Morgan fingerprint density at radius 3 is 2.71 bits per heavy atom. The molecule has 2 rings (SSSR count). The van der Waals surface area contributed by atoms with E-state index in [1.165, 1.54) is 6.07 Å². The van der Waals surface area contributed by atoms with E-state index in [0.717, 1.165) is 0 Å². The van der Waals surface area contributed by atoms with E-state index >= 15 is 0 Å². The van der Waals surface area contributed by atoms with Crippen molar-refractivity contribution in [1.82, 2.24) is 19.7 Å². The summed E-state index contributed by atoms with van der Waals surface area (Å²) in [5, 5.41) is 2.95. The van der Waals surface area contributed by atoms with Crippen molar-refractivity contribution in [2.45, 2.75) is 31.2 Å². The van der Waals surface area contributed by atoms with E-state index in [4.69, 9.17) is 0 Å². The first-order chi connectivity index (χ1) is 10.1. The standard InChI is InChI=1S/C13H19N5O2S/c1-3-10(12-16-8-9-17-12)18-21(19,20)11-6-5-7-15-13(11)14-4-2/h5-10,18H,3-4H2,1-2H3,(H,14,15)(H,16,17). The van der Waals surface area contributed by atoms with Gasteiger partial charge in [-0.3, -0.25) is 0 Å². The molecule has 0 spiro atoms. The summed E-state index contributed by atoms with van der Waals surface area (Å²) in [5.74, 6) is 0.941. The molecule has 8 heteroatoms. The molecule has 0 aliphatic heterocycles. The lowest BCUT2D eigenvalue weighted by Crippen LogP contribution is -2.29. The fourth-order valence-electron chi connectivity index (χ4n) is 1.96. The van der Waals surface area contributed by atoms with E-state index in [9.17, 15) is 8.42 Å². The molecule has 0 amide bonds. The monoisotopic (exact) mass is 309 g/mol. The molecule has 1 unspecified atom stereocenters. The fourth-order valence-corrected chi connectivity index (χ4v) is 3.38. The Morgan fingerprint density at radius 2 is 2.10 bits per heavy atom. The van der Waals surface area contributed by atoms with Crippen molar-refractivity contribution in [2.24, 2.45) is 0 Å². The zero-order valence-corrected chi connectivity index (χ0v) is 12.8. The smallest absolute Gasteiger partial charge is 0.244 e. The molecule has 0 aliphatic rings. The van der Waals surface area contributed by atoms with Crippen LogP contribution in [0.1, 0.15) is 32.1 Å². The molecule has 2 aromatic rings. The predicted molar refractivity (Wildman–Crippen MR) is 80.3 cm³/mol. The Labute approximate surface area is 124 Å². The van der Waals surface area contributed by atoms with Gasteiger partial charge in [0.15, 0.2) is 0 Å². The van der Waals surface area contributed by atoms with Crippen LogP contribution in [0.4, 0.5) is 5.82 Å². The molecule has 0 aromatic carbocycles. The van der Waals surface area contributed by atoms with E-state index in [1.54, 1.807) is 24.7 Å². The number of aromatic nitrogens is 3. The van der Waals surface area contributed by atoms with Crippen molar-refractivity contribution in [3.8, 4) is 0 Å². The van der Waals surface area contributed by atoms with Gasteiger partial charge in [-0.05, 0) is 25.5 Å². The normalized spacial score (nSPS) is 13.0. The Morgan fingerprint density at radius 1 is 1.29 bits per heavy atom. The van der Waals surface area contributed by atoms with Crippen LogP contribution in [-0.2, 0) is 10.0 Å². The molecule has 1 atom stereocenters. The van der Waals surface area contributed by atoms with Gasteiger partial charge >= 0.3 is 0 Å². The Bertz CT molecular complexity index is 670. The molecule has 2 heterocycles. The molecule has 7 nitrogen and oxygen atoms in total. The van der Waals surface area contributed by atoms with Gasteiger partial charge in [-0.25, -0.2) is 23.1 Å². The third-order valence-corrected chi connectivity index (χ3v) is 4.46. The average Bonchev–Trinajstić information content (AvgIpc) is 3.00. The Hall–Kier alpha value is -1.93. The second-order valence-electron chi connectivity index (χ2n) is 4.44. The predicted octanol–water partition coefficient (Wildman–Crippen LogP) is 1.67. The number of hydrogen-bond acceptors (Lipinski definition) is 5. The molecule has 0 radical (unpaired) electrons. The number of imidazole rings is 1. The molecule has 21 heavy (non-hydrogen) atoms. The SMILES string of the molecule is CCNc1ncccc1S(=O)(=O)NC(CC)c1ncc[nH]1. The summed E-state index contributed by atoms with van der Waals surface area (Å²) in [6.07, 6.45) is 5.41. The number of nitrogens with one attached hydrogen (secondary N) is 3. The summed E-state index contributed by atoms with van der Waals surface area (Å²) in [6.45, 7) is 4.37. The first kappa shape index (κ1) is 15.5. The maximum Gasteiger partial charge on any atom is 0.244 e. The van der Waals surface area contributed by atoms with E-state index in [1.807, 2.05) is 13.8 Å². The number of aromatic amines is 1. The molecule has 0 saturated heterocycles. The summed E-state index contributed by atoms with van der Waals surface area (Å²) in [5.41, 5.74) is 0. The van der Waals surface area contributed by atoms with Crippen LogP contribution in [-0.4, -0.2) is 29.9 Å². The molecule has 3 N–H and O–H groups in total. The number of nitrogens with zero attached hydrogens (tertiary/aromatic N) is 2. The topological polar surface area (TPSA) is 99.8 Å². The van der Waals surface area contributed by atoms with E-state index in [0.29, 0.717) is 24.6 Å². The van der Waals surface area contributed by atoms with Crippen molar-refractivity contribution in [1.29, 1.82) is 0 Å². The van der Waals surface area contributed by atoms with E-state index in [-0.39, 0.29) is 4.90 Å². The van der Waals surface area contributed by atoms with E-state index in [2.05, 4.69) is 25.0 Å². The number of H-pyrrole nitrogens is 1. The van der Waals surface area contributed by atoms with Crippen LogP contribution in [0.15, 0.2) is 35.6 Å². The van der Waals surface area contributed by atoms with Crippen LogP contribution in [0, 0.1) is 0 Å². The lowest BCUT2D eigenvalue weighted by molar-refractivity contribution is 0.539. The second kappa shape index (κ2) is 6.68. The van der Waals surface area contributed by atoms with Crippen molar-refractivity contribution >= 4 is 15.8 Å². The lowest BCUT2D eigenvalue weighted by atomic mass is 10.2. The van der Waals surface area contributed by atoms with Crippen LogP contribution in [0.5, 0.6) is 0 Å². The molecular weight excluding hydrogens is 290 g/mol. The quantitative estimate of drug-likeness (QED) is 0.722. The van der Waals surface area contributed by atoms with Crippen molar-refractivity contribution < 1.29 is 8.42 Å². The highest BCUT2D eigenvalue weighted by Gasteiger charge is 2.24. The minimum absolute atomic E-state index is 0.136. The Balaban J connectivity index is 2.30. The number of rotatable bonds is 7.